The van der Waals surface area contributed by atoms with Crippen LogP contribution >= 0.6 is 8.18 Å². The van der Waals surface area contributed by atoms with Gasteiger partial charge in [-0.25, -0.2) is 0 Å². The average molecular weight is 119 g/mol. The van der Waals surface area contributed by atoms with Crippen LogP contribution in [0.2, 0.25) is 0 Å². The molecule has 0 bridgehead atoms. The van der Waals surface area contributed by atoms with E-state index in [-0.39, 0.29) is 51.4 Å². The molecule has 0 aliphatic carbocycles. The monoisotopic (exact) mass is 119 g/mol. The molecule has 2 N–H and O–H groups in total. The number of hydrogen-bond donors (Lipinski definition) is 1. The molecule has 0 saturated heterocycles. The van der Waals surface area contributed by atoms with Gasteiger partial charge in [-0.3, -0.25) is 5.50 Å². The molecule has 5 heteroatoms. The van der Waals surface area contributed by atoms with Gasteiger partial charge in [-0.15, -0.1) is 0 Å². The Labute approximate surface area is 73.3 Å². The summed E-state index contributed by atoms with van der Waals surface area (Å²) in [5.41, 5.74) is 4.10. The van der Waals surface area contributed by atoms with Gasteiger partial charge in [0.2, 0.25) is 0 Å². The molecule has 3 nitrogen and oxygen atoms in total. The Morgan fingerprint density at radius 2 is 1.80 bits per heavy atom. The van der Waals surface area contributed by atoms with Crippen molar-refractivity contribution < 1.29 is 60.8 Å². The SMILES string of the molecule is N[PH](=O)[O-].[K+]. The summed E-state index contributed by atoms with van der Waals surface area (Å²) in [5.74, 6) is 0. The molecule has 5 heavy (non-hydrogen) atoms. The van der Waals surface area contributed by atoms with Crippen LogP contribution in [0.1, 0.15) is 0 Å². The maximum atomic E-state index is 8.85. The van der Waals surface area contributed by atoms with Gasteiger partial charge in [0.25, 0.3) is 0 Å². The van der Waals surface area contributed by atoms with Crippen molar-refractivity contribution in [3.8, 4) is 0 Å². The normalized spacial score (nSPS) is 12.4. The van der Waals surface area contributed by atoms with Gasteiger partial charge < -0.3 is 9.46 Å². The van der Waals surface area contributed by atoms with Crippen LogP contribution in [0.5, 0.6) is 0 Å². The van der Waals surface area contributed by atoms with E-state index in [4.69, 9.17) is 9.46 Å². The summed E-state index contributed by atoms with van der Waals surface area (Å²) in [6, 6.07) is 0. The van der Waals surface area contributed by atoms with Gasteiger partial charge in [0, 0.05) is 0 Å². The molecule has 0 saturated carbocycles. The van der Waals surface area contributed by atoms with Gasteiger partial charge in [0.05, 0.1) is 8.18 Å². The van der Waals surface area contributed by atoms with Crippen LogP contribution in [-0.2, 0) is 4.57 Å². The second kappa shape index (κ2) is 5.79. The predicted molar refractivity (Wildman–Crippen MR) is 13.2 cm³/mol. The molecule has 0 aliphatic heterocycles. The van der Waals surface area contributed by atoms with E-state index < -0.39 is 8.18 Å². The maximum Gasteiger partial charge on any atom is 1.00 e. The number of hydrogen-bond acceptors (Lipinski definition) is 2. The van der Waals surface area contributed by atoms with Gasteiger partial charge in [-0.2, -0.15) is 0 Å². The second-order valence-corrected chi connectivity index (χ2v) is 0.957. The van der Waals surface area contributed by atoms with Crippen LogP contribution in [0.25, 0.3) is 0 Å². The molecule has 0 heterocycles. The zero-order chi connectivity index (χ0) is 3.58. The van der Waals surface area contributed by atoms with Crippen molar-refractivity contribution in [2.75, 3.05) is 0 Å². The number of rotatable bonds is 0. The van der Waals surface area contributed by atoms with Crippen molar-refractivity contribution in [1.29, 1.82) is 0 Å². The molecule has 0 aromatic heterocycles. The molecule has 1 unspecified atom stereocenters. The molecule has 0 amide bonds. The van der Waals surface area contributed by atoms with E-state index in [0.29, 0.717) is 0 Å². The Morgan fingerprint density at radius 3 is 1.80 bits per heavy atom. The first-order chi connectivity index (χ1) is 1.73. The third-order valence-corrected chi connectivity index (χ3v) is 0. The summed E-state index contributed by atoms with van der Waals surface area (Å²) in [6.45, 7) is 0. The standard InChI is InChI=1S/K.H4NO2P/c;1-4(2)3/h;4H,(H3,1,2,3)/q+1;/p-1. The minimum atomic E-state index is -2.88. The van der Waals surface area contributed by atoms with Gasteiger partial charge >= 0.3 is 51.4 Å². The molecule has 0 fully saturated rings. The summed E-state index contributed by atoms with van der Waals surface area (Å²) in [7, 11) is -2.88. The van der Waals surface area contributed by atoms with Crippen molar-refractivity contribution in [1.82, 2.24) is 0 Å². The Morgan fingerprint density at radius 1 is 1.80 bits per heavy atom. The van der Waals surface area contributed by atoms with Gasteiger partial charge in [-0.1, -0.05) is 0 Å². The van der Waals surface area contributed by atoms with E-state index in [2.05, 4.69) is 5.50 Å². The summed E-state index contributed by atoms with van der Waals surface area (Å²) in [6.07, 6.45) is 0. The van der Waals surface area contributed by atoms with Crippen molar-refractivity contribution >= 4 is 8.18 Å². The third kappa shape index (κ3) is 26.0. The minimum Gasteiger partial charge on any atom is -0.790 e. The van der Waals surface area contributed by atoms with Crippen LogP contribution in [-0.4, -0.2) is 0 Å². The van der Waals surface area contributed by atoms with Crippen LogP contribution < -0.4 is 61.8 Å². The Kier molecular flexibility index (Phi) is 11.5. The van der Waals surface area contributed by atoms with Gasteiger partial charge in [0.1, 0.15) is 0 Å². The van der Waals surface area contributed by atoms with Gasteiger partial charge in [-0.05, 0) is 0 Å². The first-order valence-electron chi connectivity index (χ1n) is 0.697. The average Bonchev–Trinajstić information content (AvgIpc) is 0.811. The van der Waals surface area contributed by atoms with E-state index in [1.54, 1.807) is 0 Å². The summed E-state index contributed by atoms with van der Waals surface area (Å²) >= 11 is 0. The molecule has 0 aromatic carbocycles. The van der Waals surface area contributed by atoms with E-state index in [9.17, 15) is 0 Å². The van der Waals surface area contributed by atoms with Crippen molar-refractivity contribution in [3.63, 3.8) is 0 Å². The van der Waals surface area contributed by atoms with E-state index in [1.807, 2.05) is 0 Å². The van der Waals surface area contributed by atoms with Crippen LogP contribution in [0.4, 0.5) is 0 Å². The topological polar surface area (TPSA) is 66.2 Å². The molecule has 0 aromatic rings. The van der Waals surface area contributed by atoms with E-state index >= 15 is 0 Å². The largest absolute Gasteiger partial charge is 1.00 e. The van der Waals surface area contributed by atoms with Gasteiger partial charge in [0.15, 0.2) is 0 Å². The zero-order valence-electron chi connectivity index (χ0n) is 2.89. The van der Waals surface area contributed by atoms with Crippen molar-refractivity contribution in [3.05, 3.63) is 0 Å². The molecule has 26 valence electrons. The van der Waals surface area contributed by atoms with E-state index in [1.165, 1.54) is 0 Å². The molecule has 0 rings (SSSR count). The Bertz CT molecular complexity index is 32.6. The second-order valence-electron chi connectivity index (χ2n) is 0.319. The first kappa shape index (κ1) is 9.92. The van der Waals surface area contributed by atoms with Crippen LogP contribution in [0.3, 0.4) is 0 Å². The predicted octanol–water partition coefficient (Wildman–Crippen LogP) is -4.30. The molecular formula is H3KNO2P. The van der Waals surface area contributed by atoms with Crippen LogP contribution in [0.15, 0.2) is 0 Å². The Balaban J connectivity index is 0. The fourth-order valence-electron chi connectivity index (χ4n) is 0. The first-order valence-corrected chi connectivity index (χ1v) is 2.09. The van der Waals surface area contributed by atoms with Crippen molar-refractivity contribution in [2.24, 2.45) is 5.50 Å². The fraction of sp³-hybridized carbons (Fsp3) is 0. The smallest absolute Gasteiger partial charge is 0.790 e. The molecule has 0 aliphatic rings. The van der Waals surface area contributed by atoms with Crippen LogP contribution in [0, 0.1) is 0 Å². The summed E-state index contributed by atoms with van der Waals surface area (Å²) in [4.78, 5) is 8.85. The maximum absolute atomic E-state index is 8.85. The molecule has 0 radical (unpaired) electrons. The molecule has 1 atom stereocenters. The zero-order valence-corrected chi connectivity index (χ0v) is 7.02. The third-order valence-electron chi connectivity index (χ3n) is 0. The quantitative estimate of drug-likeness (QED) is 0.259. The number of nitrogens with two attached hydrogens (primary N) is 1. The summed E-state index contributed by atoms with van der Waals surface area (Å²) in [5, 5.41) is 0. The minimum absolute atomic E-state index is 0. The van der Waals surface area contributed by atoms with Crippen molar-refractivity contribution in [2.45, 2.75) is 0 Å². The fourth-order valence-corrected chi connectivity index (χ4v) is 0. The summed E-state index contributed by atoms with van der Waals surface area (Å²) < 4.78 is 8.85. The Hall–Kier alpha value is 1.79. The van der Waals surface area contributed by atoms with E-state index in [0.717, 1.165) is 0 Å². The molecule has 0 spiro atoms. The molecular weight excluding hydrogens is 116 g/mol.